The Morgan fingerprint density at radius 2 is 2.19 bits per heavy atom. The number of Topliss-reactive ketones (excluding diaryl/α,β-unsaturated/α-hetero) is 1. The lowest BCUT2D eigenvalue weighted by Gasteiger charge is -2.08. The number of rotatable bonds is 5. The minimum Gasteiger partial charge on any atom is -0.469 e. The Kier molecular flexibility index (Phi) is 4.22. The number of hydrogen-bond acceptors (Lipinski definition) is 4. The molecular formula is C11H16N2O3. The van der Waals surface area contributed by atoms with Crippen LogP contribution in [0.15, 0.2) is 12.3 Å². The molecule has 0 aliphatic carbocycles. The molecule has 0 N–H and O–H groups in total. The van der Waals surface area contributed by atoms with Gasteiger partial charge in [-0.25, -0.2) is 0 Å². The van der Waals surface area contributed by atoms with E-state index in [-0.39, 0.29) is 12.2 Å². The van der Waals surface area contributed by atoms with Gasteiger partial charge in [0.25, 0.3) is 0 Å². The number of esters is 1. The van der Waals surface area contributed by atoms with Crippen molar-refractivity contribution in [1.29, 1.82) is 0 Å². The van der Waals surface area contributed by atoms with Crippen LogP contribution in [-0.4, -0.2) is 28.6 Å². The second-order valence-electron chi connectivity index (χ2n) is 3.97. The summed E-state index contributed by atoms with van der Waals surface area (Å²) in [6, 6.07) is 1.62. The molecule has 16 heavy (non-hydrogen) atoms. The predicted octanol–water partition coefficient (Wildman–Crippen LogP) is 1.28. The molecule has 88 valence electrons. The maximum absolute atomic E-state index is 11.7. The first-order valence-corrected chi connectivity index (χ1v) is 5.16. The molecule has 0 atom stereocenters. The number of methoxy groups -OCH3 is 1. The summed E-state index contributed by atoms with van der Waals surface area (Å²) in [6.45, 7) is 4.74. The summed E-state index contributed by atoms with van der Waals surface area (Å²) in [5, 5.41) is 4.05. The second-order valence-corrected chi connectivity index (χ2v) is 3.97. The Balaban J connectivity index is 2.75. The van der Waals surface area contributed by atoms with Gasteiger partial charge in [-0.1, -0.05) is 13.8 Å². The maximum Gasteiger partial charge on any atom is 0.313 e. The van der Waals surface area contributed by atoms with E-state index in [0.29, 0.717) is 18.2 Å². The van der Waals surface area contributed by atoms with E-state index in [1.165, 1.54) is 7.11 Å². The van der Waals surface area contributed by atoms with Crippen LogP contribution in [0.4, 0.5) is 0 Å². The lowest BCUT2D eigenvalue weighted by molar-refractivity contribution is -0.139. The fraction of sp³-hybridized carbons (Fsp3) is 0.545. The minimum absolute atomic E-state index is 0.236. The van der Waals surface area contributed by atoms with Gasteiger partial charge < -0.3 is 4.74 Å². The van der Waals surface area contributed by atoms with Gasteiger partial charge in [-0.15, -0.1) is 0 Å². The number of ketones is 1. The molecule has 0 bridgehead atoms. The summed E-state index contributed by atoms with van der Waals surface area (Å²) in [5.41, 5.74) is 0.458. The third kappa shape index (κ3) is 3.18. The molecule has 0 amide bonds. The van der Waals surface area contributed by atoms with Crippen molar-refractivity contribution in [2.24, 2.45) is 5.92 Å². The highest BCUT2D eigenvalue weighted by Crippen LogP contribution is 2.07. The van der Waals surface area contributed by atoms with E-state index in [0.717, 1.165) is 0 Å². The first-order valence-electron chi connectivity index (χ1n) is 5.16. The molecule has 1 aromatic heterocycles. The molecule has 5 heteroatoms. The van der Waals surface area contributed by atoms with Gasteiger partial charge in [-0.05, 0) is 12.0 Å². The van der Waals surface area contributed by atoms with Crippen molar-refractivity contribution < 1.29 is 14.3 Å². The zero-order valence-electron chi connectivity index (χ0n) is 9.77. The van der Waals surface area contributed by atoms with Crippen molar-refractivity contribution in [3.05, 3.63) is 18.0 Å². The van der Waals surface area contributed by atoms with Crippen LogP contribution in [0.5, 0.6) is 0 Å². The lowest BCUT2D eigenvalue weighted by Crippen LogP contribution is -2.16. The second kappa shape index (κ2) is 5.44. The van der Waals surface area contributed by atoms with Crippen molar-refractivity contribution in [3.8, 4) is 0 Å². The fourth-order valence-electron chi connectivity index (χ4n) is 1.35. The minimum atomic E-state index is -0.526. The van der Waals surface area contributed by atoms with Gasteiger partial charge in [0, 0.05) is 12.7 Å². The van der Waals surface area contributed by atoms with Gasteiger partial charge in [0.2, 0.25) is 0 Å². The molecule has 0 radical (unpaired) electrons. The number of ether oxygens (including phenoxy) is 1. The van der Waals surface area contributed by atoms with Crippen LogP contribution in [-0.2, 0) is 16.1 Å². The average molecular weight is 224 g/mol. The molecule has 0 aromatic carbocycles. The number of aromatic nitrogens is 2. The molecular weight excluding hydrogens is 208 g/mol. The third-order valence-corrected chi connectivity index (χ3v) is 2.07. The fourth-order valence-corrected chi connectivity index (χ4v) is 1.35. The SMILES string of the molecule is COC(=O)CC(=O)c1ccnn1CC(C)C. The maximum atomic E-state index is 11.7. The summed E-state index contributed by atoms with van der Waals surface area (Å²) in [5.74, 6) is -0.392. The first kappa shape index (κ1) is 12.4. The predicted molar refractivity (Wildman–Crippen MR) is 58.0 cm³/mol. The normalized spacial score (nSPS) is 10.5. The summed E-state index contributed by atoms with van der Waals surface area (Å²) in [7, 11) is 1.26. The molecule has 0 fully saturated rings. The topological polar surface area (TPSA) is 61.2 Å². The van der Waals surface area contributed by atoms with E-state index in [1.54, 1.807) is 16.9 Å². The van der Waals surface area contributed by atoms with Crippen LogP contribution in [0, 0.1) is 5.92 Å². The van der Waals surface area contributed by atoms with Gasteiger partial charge in [-0.2, -0.15) is 5.10 Å². The summed E-state index contributed by atoms with van der Waals surface area (Å²) in [4.78, 5) is 22.7. The number of carbonyl (C=O) groups excluding carboxylic acids is 2. The van der Waals surface area contributed by atoms with Crippen molar-refractivity contribution in [3.63, 3.8) is 0 Å². The van der Waals surface area contributed by atoms with Gasteiger partial charge in [0.05, 0.1) is 7.11 Å². The monoisotopic (exact) mass is 224 g/mol. The van der Waals surface area contributed by atoms with Crippen LogP contribution in [0.1, 0.15) is 30.8 Å². The summed E-state index contributed by atoms with van der Waals surface area (Å²) in [6.07, 6.45) is 1.33. The molecule has 5 nitrogen and oxygen atoms in total. The van der Waals surface area contributed by atoms with Gasteiger partial charge in [-0.3, -0.25) is 14.3 Å². The molecule has 0 aliphatic heterocycles. The molecule has 1 heterocycles. The highest BCUT2D eigenvalue weighted by molar-refractivity contribution is 6.04. The molecule has 1 rings (SSSR count). The van der Waals surface area contributed by atoms with Crippen LogP contribution in [0.2, 0.25) is 0 Å². The van der Waals surface area contributed by atoms with E-state index in [2.05, 4.69) is 9.84 Å². The molecule has 0 unspecified atom stereocenters. The quantitative estimate of drug-likeness (QED) is 0.429. The van der Waals surface area contributed by atoms with Crippen LogP contribution >= 0.6 is 0 Å². The van der Waals surface area contributed by atoms with Crippen LogP contribution in [0.3, 0.4) is 0 Å². The van der Waals surface area contributed by atoms with E-state index in [4.69, 9.17) is 0 Å². The van der Waals surface area contributed by atoms with E-state index in [1.807, 2.05) is 13.8 Å². The first-order chi connectivity index (χ1) is 7.54. The smallest absolute Gasteiger partial charge is 0.313 e. The largest absolute Gasteiger partial charge is 0.469 e. The Bertz CT molecular complexity index is 382. The van der Waals surface area contributed by atoms with Gasteiger partial charge in [0.15, 0.2) is 5.78 Å². The third-order valence-electron chi connectivity index (χ3n) is 2.07. The molecule has 1 aromatic rings. The van der Waals surface area contributed by atoms with E-state index in [9.17, 15) is 9.59 Å². The lowest BCUT2D eigenvalue weighted by atomic mass is 10.2. The zero-order valence-corrected chi connectivity index (χ0v) is 9.77. The number of nitrogens with zero attached hydrogens (tertiary/aromatic N) is 2. The Labute approximate surface area is 94.4 Å². The molecule has 0 aliphatic rings. The average Bonchev–Trinajstić information content (AvgIpc) is 2.64. The van der Waals surface area contributed by atoms with Gasteiger partial charge >= 0.3 is 5.97 Å². The van der Waals surface area contributed by atoms with E-state index < -0.39 is 5.97 Å². The van der Waals surface area contributed by atoms with Gasteiger partial charge in [0.1, 0.15) is 12.1 Å². The summed E-state index contributed by atoms with van der Waals surface area (Å²) < 4.78 is 6.07. The highest BCUT2D eigenvalue weighted by Gasteiger charge is 2.16. The van der Waals surface area contributed by atoms with Crippen molar-refractivity contribution in [2.75, 3.05) is 7.11 Å². The Morgan fingerprint density at radius 3 is 2.75 bits per heavy atom. The Hall–Kier alpha value is -1.65. The van der Waals surface area contributed by atoms with Crippen LogP contribution in [0.25, 0.3) is 0 Å². The summed E-state index contributed by atoms with van der Waals surface area (Å²) >= 11 is 0. The van der Waals surface area contributed by atoms with Crippen LogP contribution < -0.4 is 0 Å². The Morgan fingerprint density at radius 1 is 1.50 bits per heavy atom. The standard InChI is InChI=1S/C11H16N2O3/c1-8(2)7-13-9(4-5-12-13)10(14)6-11(15)16-3/h4-5,8H,6-7H2,1-3H3. The number of hydrogen-bond donors (Lipinski definition) is 0. The molecule has 0 saturated carbocycles. The molecule has 0 spiro atoms. The van der Waals surface area contributed by atoms with E-state index >= 15 is 0 Å². The zero-order chi connectivity index (χ0) is 12.1. The number of carbonyl (C=O) groups is 2. The van der Waals surface area contributed by atoms with Crippen molar-refractivity contribution in [1.82, 2.24) is 9.78 Å². The molecule has 0 saturated heterocycles. The van der Waals surface area contributed by atoms with Crippen molar-refractivity contribution >= 4 is 11.8 Å². The van der Waals surface area contributed by atoms with Crippen molar-refractivity contribution in [2.45, 2.75) is 26.8 Å². The highest BCUT2D eigenvalue weighted by atomic mass is 16.5.